The van der Waals surface area contributed by atoms with Crippen LogP contribution in [0.5, 0.6) is 0 Å². The molecule has 26 heavy (non-hydrogen) atoms. The first kappa shape index (κ1) is 16.3. The van der Waals surface area contributed by atoms with Gasteiger partial charge in [-0.25, -0.2) is 0 Å². The van der Waals surface area contributed by atoms with E-state index < -0.39 is 0 Å². The zero-order valence-corrected chi connectivity index (χ0v) is 16.1. The molecule has 0 spiro atoms. The van der Waals surface area contributed by atoms with Gasteiger partial charge in [0.2, 0.25) is 0 Å². The molecule has 0 bridgehead atoms. The van der Waals surface area contributed by atoms with Crippen molar-refractivity contribution in [1.29, 1.82) is 0 Å². The minimum absolute atomic E-state index is 0.141. The Balaban J connectivity index is 1.32. The average Bonchev–Trinajstić information content (AvgIpc) is 3.13. The summed E-state index contributed by atoms with van der Waals surface area (Å²) in [5, 5.41) is 0. The fourth-order valence-corrected chi connectivity index (χ4v) is 9.25. The van der Waals surface area contributed by atoms with Crippen molar-refractivity contribution in [2.24, 2.45) is 59.2 Å². The van der Waals surface area contributed by atoms with Crippen LogP contribution in [0.15, 0.2) is 0 Å². The Morgan fingerprint density at radius 1 is 0.500 bits per heavy atom. The third-order valence-corrected chi connectivity index (χ3v) is 10.2. The van der Waals surface area contributed by atoms with Crippen LogP contribution in [0.25, 0.3) is 0 Å². The molecule has 142 valence electrons. The molecule has 0 saturated heterocycles. The van der Waals surface area contributed by atoms with Gasteiger partial charge in [0.05, 0.1) is 0 Å². The van der Waals surface area contributed by atoms with Gasteiger partial charge >= 0.3 is 0 Å². The van der Waals surface area contributed by atoms with Gasteiger partial charge in [0.15, 0.2) is 0 Å². The maximum Gasteiger partial charge on any atom is 0.140 e. The highest BCUT2D eigenvalue weighted by Crippen LogP contribution is 2.63. The van der Waals surface area contributed by atoms with E-state index in [4.69, 9.17) is 0 Å². The summed E-state index contributed by atoms with van der Waals surface area (Å²) in [6.07, 6.45) is 15.5. The van der Waals surface area contributed by atoms with Gasteiger partial charge in [0, 0.05) is 23.7 Å². The van der Waals surface area contributed by atoms with E-state index in [1.165, 1.54) is 70.6 Å². The Bertz CT molecular complexity index is 624. The lowest BCUT2D eigenvalue weighted by Crippen LogP contribution is -2.38. The SMILES string of the molecule is O=C1C2CCCCC2C2CCC3C4CC5CCCCC5CC4C(=O)C3C12. The number of carbonyl (C=O) groups is 2. The van der Waals surface area contributed by atoms with Gasteiger partial charge in [-0.2, -0.15) is 0 Å². The van der Waals surface area contributed by atoms with Crippen LogP contribution in [-0.4, -0.2) is 11.6 Å². The van der Waals surface area contributed by atoms with Gasteiger partial charge in [-0.05, 0) is 74.0 Å². The topological polar surface area (TPSA) is 34.1 Å². The van der Waals surface area contributed by atoms with Crippen molar-refractivity contribution in [3.63, 3.8) is 0 Å². The lowest BCUT2D eigenvalue weighted by molar-refractivity contribution is -0.135. The first-order chi connectivity index (χ1) is 12.7. The van der Waals surface area contributed by atoms with E-state index in [1.54, 1.807) is 0 Å². The number of carbonyl (C=O) groups excluding carboxylic acids is 2. The molecular formula is C24H34O2. The summed E-state index contributed by atoms with van der Waals surface area (Å²) in [5.74, 6) is 6.19. The fourth-order valence-electron chi connectivity index (χ4n) is 9.25. The molecule has 6 rings (SSSR count). The molecule has 2 nitrogen and oxygen atoms in total. The molecule has 2 heteroatoms. The highest BCUT2D eigenvalue weighted by atomic mass is 16.1. The zero-order valence-electron chi connectivity index (χ0n) is 16.1. The monoisotopic (exact) mass is 354 g/mol. The molecule has 0 aromatic carbocycles. The van der Waals surface area contributed by atoms with Crippen molar-refractivity contribution in [2.75, 3.05) is 0 Å². The molecular weight excluding hydrogens is 320 g/mol. The summed E-state index contributed by atoms with van der Waals surface area (Å²) < 4.78 is 0. The molecule has 0 heterocycles. The van der Waals surface area contributed by atoms with Crippen LogP contribution in [0.3, 0.4) is 0 Å². The Morgan fingerprint density at radius 2 is 1.08 bits per heavy atom. The lowest BCUT2D eigenvalue weighted by Gasteiger charge is -2.43. The summed E-state index contributed by atoms with van der Waals surface area (Å²) in [7, 11) is 0. The Hall–Kier alpha value is -0.660. The fraction of sp³-hybridized carbons (Fsp3) is 0.917. The third-order valence-electron chi connectivity index (χ3n) is 10.2. The van der Waals surface area contributed by atoms with Crippen LogP contribution < -0.4 is 0 Å². The highest BCUT2D eigenvalue weighted by molar-refractivity contribution is 5.95. The van der Waals surface area contributed by atoms with E-state index in [0.717, 1.165) is 18.3 Å². The second-order valence-corrected chi connectivity index (χ2v) is 10.9. The smallest absolute Gasteiger partial charge is 0.140 e. The summed E-state index contributed by atoms with van der Waals surface area (Å²) in [5.41, 5.74) is 0. The predicted molar refractivity (Wildman–Crippen MR) is 100 cm³/mol. The number of rotatable bonds is 0. The normalized spacial score (nSPS) is 55.5. The standard InChI is InChI=1S/C24H34O2/c25-23-18-8-4-3-7-15(18)16-9-10-17-19-11-13-5-1-2-6-14(13)12-20(19)24(26)22(17)21(16)23/h13-22H,1-12H2. The number of ketones is 2. The van der Waals surface area contributed by atoms with Crippen LogP contribution in [0.1, 0.15) is 77.0 Å². The molecule has 6 fully saturated rings. The minimum atomic E-state index is 0.141. The van der Waals surface area contributed by atoms with Crippen molar-refractivity contribution in [3.8, 4) is 0 Å². The second-order valence-electron chi connectivity index (χ2n) is 10.9. The van der Waals surface area contributed by atoms with Crippen LogP contribution in [0, 0.1) is 59.2 Å². The summed E-state index contributed by atoms with van der Waals surface area (Å²) in [6.45, 7) is 0. The molecule has 6 aliphatic rings. The van der Waals surface area contributed by atoms with E-state index in [-0.39, 0.29) is 11.8 Å². The molecule has 10 unspecified atom stereocenters. The number of Topliss-reactive ketones (excluding diaryl/α,β-unsaturated/α-hetero) is 2. The molecule has 0 aromatic heterocycles. The summed E-state index contributed by atoms with van der Waals surface area (Å²) in [4.78, 5) is 27.0. The molecule has 6 aliphatic carbocycles. The Kier molecular flexibility index (Phi) is 3.71. The minimum Gasteiger partial charge on any atom is -0.299 e. The zero-order chi connectivity index (χ0) is 17.4. The molecule has 0 aromatic rings. The first-order valence-electron chi connectivity index (χ1n) is 11.8. The Labute approximate surface area is 157 Å². The molecule has 6 saturated carbocycles. The maximum atomic E-state index is 13.6. The quantitative estimate of drug-likeness (QED) is 0.610. The van der Waals surface area contributed by atoms with Crippen LogP contribution in [-0.2, 0) is 9.59 Å². The molecule has 0 amide bonds. The van der Waals surface area contributed by atoms with Gasteiger partial charge in [-0.15, -0.1) is 0 Å². The van der Waals surface area contributed by atoms with Crippen molar-refractivity contribution in [1.82, 2.24) is 0 Å². The second kappa shape index (κ2) is 5.92. The van der Waals surface area contributed by atoms with E-state index in [9.17, 15) is 9.59 Å². The van der Waals surface area contributed by atoms with E-state index in [2.05, 4.69) is 0 Å². The summed E-state index contributed by atoms with van der Waals surface area (Å²) in [6, 6.07) is 0. The van der Waals surface area contributed by atoms with Gasteiger partial charge < -0.3 is 0 Å². The van der Waals surface area contributed by atoms with Gasteiger partial charge in [-0.1, -0.05) is 38.5 Å². The van der Waals surface area contributed by atoms with E-state index >= 15 is 0 Å². The van der Waals surface area contributed by atoms with E-state index in [0.29, 0.717) is 47.1 Å². The summed E-state index contributed by atoms with van der Waals surface area (Å²) >= 11 is 0. The van der Waals surface area contributed by atoms with Crippen molar-refractivity contribution >= 4 is 11.6 Å². The van der Waals surface area contributed by atoms with Gasteiger partial charge in [-0.3, -0.25) is 9.59 Å². The van der Waals surface area contributed by atoms with Crippen LogP contribution in [0.4, 0.5) is 0 Å². The van der Waals surface area contributed by atoms with Gasteiger partial charge in [0.1, 0.15) is 11.6 Å². The number of hydrogen-bond donors (Lipinski definition) is 0. The molecule has 0 aliphatic heterocycles. The van der Waals surface area contributed by atoms with Crippen molar-refractivity contribution in [3.05, 3.63) is 0 Å². The van der Waals surface area contributed by atoms with Crippen molar-refractivity contribution in [2.45, 2.75) is 77.0 Å². The molecule has 10 atom stereocenters. The van der Waals surface area contributed by atoms with Crippen LogP contribution in [0.2, 0.25) is 0 Å². The average molecular weight is 355 g/mol. The van der Waals surface area contributed by atoms with Gasteiger partial charge in [0.25, 0.3) is 0 Å². The van der Waals surface area contributed by atoms with Crippen molar-refractivity contribution < 1.29 is 9.59 Å². The predicted octanol–water partition coefficient (Wildman–Crippen LogP) is 5.05. The van der Waals surface area contributed by atoms with E-state index in [1.807, 2.05) is 0 Å². The largest absolute Gasteiger partial charge is 0.299 e. The highest BCUT2D eigenvalue weighted by Gasteiger charge is 2.63. The number of hydrogen-bond acceptors (Lipinski definition) is 2. The first-order valence-corrected chi connectivity index (χ1v) is 11.8. The number of fused-ring (bicyclic) bond motifs is 8. The lowest BCUT2D eigenvalue weighted by atomic mass is 9.61. The Morgan fingerprint density at radius 3 is 1.85 bits per heavy atom. The van der Waals surface area contributed by atoms with Crippen LogP contribution >= 0.6 is 0 Å². The third kappa shape index (κ3) is 2.11. The molecule has 0 N–H and O–H groups in total. The maximum absolute atomic E-state index is 13.6. The molecule has 0 radical (unpaired) electrons.